The molecule has 0 radical (unpaired) electrons. The maximum Gasteiger partial charge on any atom is 0.343 e. The minimum atomic E-state index is -0.398. The molecule has 4 aromatic rings. The molecular weight excluding hydrogens is 278 g/mol. The normalized spacial score (nSPS) is 11.3. The van der Waals surface area contributed by atoms with Crippen LogP contribution in [0.5, 0.6) is 0 Å². The van der Waals surface area contributed by atoms with Crippen LogP contribution in [0.1, 0.15) is 17.3 Å². The molecule has 0 amide bonds. The molecule has 0 unspecified atom stereocenters. The lowest BCUT2D eigenvalue weighted by Gasteiger charge is -2.05. The molecule has 0 aliphatic heterocycles. The van der Waals surface area contributed by atoms with E-state index in [-0.39, 0.29) is 0 Å². The Labute approximate surface area is 126 Å². The number of carbonyl (C=O) groups is 1. The predicted octanol–water partition coefficient (Wildman–Crippen LogP) is 3.21. The van der Waals surface area contributed by atoms with Crippen LogP contribution in [0.3, 0.4) is 0 Å². The molecule has 108 valence electrons. The number of benzene rings is 2. The van der Waals surface area contributed by atoms with Crippen LogP contribution in [0.2, 0.25) is 0 Å². The number of rotatable bonds is 2. The van der Waals surface area contributed by atoms with E-state index in [1.807, 2.05) is 24.3 Å². The van der Waals surface area contributed by atoms with Gasteiger partial charge in [0.2, 0.25) is 0 Å². The van der Waals surface area contributed by atoms with Crippen molar-refractivity contribution in [3.8, 4) is 0 Å². The second kappa shape index (κ2) is 4.80. The maximum atomic E-state index is 12.0. The van der Waals surface area contributed by atoms with Gasteiger partial charge in [0.05, 0.1) is 18.3 Å². The zero-order chi connectivity index (χ0) is 15.1. The number of fused-ring (bicyclic) bond motifs is 5. The summed E-state index contributed by atoms with van der Waals surface area (Å²) in [5, 5.41) is 7.57. The van der Waals surface area contributed by atoms with Crippen LogP contribution in [0.15, 0.2) is 48.8 Å². The molecule has 22 heavy (non-hydrogen) atoms. The third-order valence-electron chi connectivity index (χ3n) is 3.73. The highest BCUT2D eigenvalue weighted by Crippen LogP contribution is 2.25. The van der Waals surface area contributed by atoms with Crippen LogP contribution in [-0.2, 0) is 4.74 Å². The highest BCUT2D eigenvalue weighted by Gasteiger charge is 2.16. The number of nitrogens with zero attached hydrogens (tertiary/aromatic N) is 3. The van der Waals surface area contributed by atoms with Gasteiger partial charge < -0.3 is 4.74 Å². The maximum absolute atomic E-state index is 12.0. The second-order valence-electron chi connectivity index (χ2n) is 4.99. The van der Waals surface area contributed by atoms with E-state index in [1.54, 1.807) is 17.6 Å². The van der Waals surface area contributed by atoms with Gasteiger partial charge in [0.25, 0.3) is 0 Å². The Morgan fingerprint density at radius 2 is 2.00 bits per heavy atom. The Morgan fingerprint density at radius 3 is 2.86 bits per heavy atom. The van der Waals surface area contributed by atoms with E-state index in [4.69, 9.17) is 4.74 Å². The van der Waals surface area contributed by atoms with Gasteiger partial charge in [0.1, 0.15) is 5.56 Å². The molecule has 2 heterocycles. The van der Waals surface area contributed by atoms with E-state index >= 15 is 0 Å². The molecule has 2 aromatic heterocycles. The summed E-state index contributed by atoms with van der Waals surface area (Å²) in [5.74, 6) is -0.398. The molecule has 0 N–H and O–H groups in total. The first-order valence-corrected chi connectivity index (χ1v) is 7.11. The van der Waals surface area contributed by atoms with Crippen molar-refractivity contribution in [3.63, 3.8) is 0 Å². The van der Waals surface area contributed by atoms with Crippen molar-refractivity contribution in [2.24, 2.45) is 0 Å². The largest absolute Gasteiger partial charge is 0.462 e. The quantitative estimate of drug-likeness (QED) is 0.420. The third kappa shape index (κ3) is 1.75. The van der Waals surface area contributed by atoms with Gasteiger partial charge >= 0.3 is 5.97 Å². The van der Waals surface area contributed by atoms with Gasteiger partial charge in [0, 0.05) is 11.6 Å². The van der Waals surface area contributed by atoms with E-state index in [0.717, 1.165) is 21.7 Å². The highest BCUT2D eigenvalue weighted by molar-refractivity contribution is 6.07. The third-order valence-corrected chi connectivity index (χ3v) is 3.73. The fourth-order valence-corrected chi connectivity index (χ4v) is 2.73. The van der Waals surface area contributed by atoms with Crippen molar-refractivity contribution >= 4 is 33.3 Å². The molecule has 5 nitrogen and oxygen atoms in total. The van der Waals surface area contributed by atoms with Gasteiger partial charge in [-0.1, -0.05) is 30.3 Å². The first-order valence-electron chi connectivity index (χ1n) is 7.11. The molecule has 2 aromatic carbocycles. The summed E-state index contributed by atoms with van der Waals surface area (Å²) in [6.45, 7) is 2.10. The highest BCUT2D eigenvalue weighted by atomic mass is 16.5. The summed E-state index contributed by atoms with van der Waals surface area (Å²) in [5.41, 5.74) is 1.82. The molecule has 0 saturated heterocycles. The average molecular weight is 291 g/mol. The van der Waals surface area contributed by atoms with Crippen molar-refractivity contribution in [3.05, 3.63) is 54.4 Å². The van der Waals surface area contributed by atoms with E-state index in [0.29, 0.717) is 17.8 Å². The summed E-state index contributed by atoms with van der Waals surface area (Å²) in [6.07, 6.45) is 3.30. The number of esters is 1. The molecular formula is C17H13N3O2. The Bertz CT molecular complexity index is 1020. The number of hydrogen-bond donors (Lipinski definition) is 0. The number of aromatic nitrogens is 3. The fourth-order valence-electron chi connectivity index (χ4n) is 2.73. The Hall–Kier alpha value is -2.95. The number of carbonyl (C=O) groups excluding carboxylic acids is 1. The minimum Gasteiger partial charge on any atom is -0.462 e. The Morgan fingerprint density at radius 1 is 1.14 bits per heavy atom. The first kappa shape index (κ1) is 12.8. The summed E-state index contributed by atoms with van der Waals surface area (Å²) in [7, 11) is 0. The summed E-state index contributed by atoms with van der Waals surface area (Å²) in [6, 6.07) is 12.2. The predicted molar refractivity (Wildman–Crippen MR) is 84.0 cm³/mol. The topological polar surface area (TPSA) is 56.5 Å². The van der Waals surface area contributed by atoms with Crippen LogP contribution in [0.25, 0.3) is 27.3 Å². The van der Waals surface area contributed by atoms with Crippen LogP contribution in [-0.4, -0.2) is 27.2 Å². The molecule has 0 aliphatic carbocycles. The molecule has 0 fully saturated rings. The minimum absolute atomic E-state index is 0.328. The lowest BCUT2D eigenvalue weighted by molar-refractivity contribution is 0.0528. The fraction of sp³-hybridized carbons (Fsp3) is 0.118. The monoisotopic (exact) mass is 291 g/mol. The van der Waals surface area contributed by atoms with Crippen LogP contribution in [0, 0.1) is 0 Å². The van der Waals surface area contributed by atoms with Gasteiger partial charge in [-0.05, 0) is 23.8 Å². The molecule has 0 aliphatic rings. The van der Waals surface area contributed by atoms with Crippen LogP contribution < -0.4 is 0 Å². The van der Waals surface area contributed by atoms with Crippen molar-refractivity contribution in [2.45, 2.75) is 6.92 Å². The van der Waals surface area contributed by atoms with Crippen LogP contribution >= 0.6 is 0 Å². The molecule has 5 heteroatoms. The van der Waals surface area contributed by atoms with Gasteiger partial charge in [0.15, 0.2) is 5.65 Å². The van der Waals surface area contributed by atoms with E-state index in [2.05, 4.69) is 22.2 Å². The zero-order valence-electron chi connectivity index (χ0n) is 12.0. The molecule has 0 bridgehead atoms. The van der Waals surface area contributed by atoms with E-state index in [9.17, 15) is 4.79 Å². The number of ether oxygens (including phenoxy) is 1. The lowest BCUT2D eigenvalue weighted by atomic mass is 10.1. The van der Waals surface area contributed by atoms with Gasteiger partial charge in [-0.3, -0.25) is 0 Å². The standard InChI is InChI=1S/C17H13N3O2/c1-2-22-17(21)14-10-19-20-15-8-7-11-5-3-4-6-12(11)13(15)9-18-16(14)20/h3-10H,2H2,1H3. The number of hydrogen-bond acceptors (Lipinski definition) is 4. The van der Waals surface area contributed by atoms with Crippen molar-refractivity contribution in [1.82, 2.24) is 14.6 Å². The molecule has 0 saturated carbocycles. The Kier molecular flexibility index (Phi) is 2.79. The van der Waals surface area contributed by atoms with E-state index < -0.39 is 5.97 Å². The first-order chi connectivity index (χ1) is 10.8. The average Bonchev–Trinajstić information content (AvgIpc) is 2.99. The lowest BCUT2D eigenvalue weighted by Crippen LogP contribution is -2.05. The van der Waals surface area contributed by atoms with E-state index in [1.165, 1.54) is 6.20 Å². The summed E-state index contributed by atoms with van der Waals surface area (Å²) >= 11 is 0. The molecule has 0 atom stereocenters. The van der Waals surface area contributed by atoms with Crippen molar-refractivity contribution < 1.29 is 9.53 Å². The SMILES string of the molecule is CCOC(=O)c1cnn2c1ncc1c3ccccc3ccc12. The van der Waals surface area contributed by atoms with Crippen molar-refractivity contribution in [2.75, 3.05) is 6.61 Å². The zero-order valence-corrected chi connectivity index (χ0v) is 12.0. The smallest absolute Gasteiger partial charge is 0.343 e. The summed E-state index contributed by atoms with van der Waals surface area (Å²) < 4.78 is 6.73. The van der Waals surface area contributed by atoms with Gasteiger partial charge in [-0.25, -0.2) is 14.3 Å². The van der Waals surface area contributed by atoms with Gasteiger partial charge in [-0.15, -0.1) is 0 Å². The van der Waals surface area contributed by atoms with Gasteiger partial charge in [-0.2, -0.15) is 5.10 Å². The second-order valence-corrected chi connectivity index (χ2v) is 4.99. The van der Waals surface area contributed by atoms with Crippen molar-refractivity contribution in [1.29, 1.82) is 0 Å². The molecule has 0 spiro atoms. The molecule has 4 rings (SSSR count). The Balaban J connectivity index is 2.04. The summed E-state index contributed by atoms with van der Waals surface area (Å²) in [4.78, 5) is 16.4. The van der Waals surface area contributed by atoms with Crippen LogP contribution in [0.4, 0.5) is 0 Å².